The highest BCUT2D eigenvalue weighted by atomic mass is 31.1. The predicted octanol–water partition coefficient (Wildman–Crippen LogP) is 2.51. The van der Waals surface area contributed by atoms with E-state index in [1.807, 2.05) is 30.3 Å². The van der Waals surface area contributed by atoms with Gasteiger partial charge in [-0.2, -0.15) is 0 Å². The maximum atomic E-state index is 11.7. The van der Waals surface area contributed by atoms with E-state index < -0.39 is 25.9 Å². The Hall–Kier alpha value is -1.78. The first kappa shape index (κ1) is 16.3. The van der Waals surface area contributed by atoms with Crippen molar-refractivity contribution in [3.8, 4) is 0 Å². The smallest absolute Gasteiger partial charge is 0.481 e. The molecular weight excluding hydrogens is 283 g/mol. The second-order valence-corrected chi connectivity index (χ2v) is 5.53. The average Bonchev–Trinajstić information content (AvgIpc) is 2.41. The van der Waals surface area contributed by atoms with E-state index in [-0.39, 0.29) is 25.6 Å². The van der Waals surface area contributed by atoms with E-state index in [2.05, 4.69) is 0 Å². The van der Waals surface area contributed by atoms with E-state index in [1.54, 1.807) is 0 Å². The van der Waals surface area contributed by atoms with Gasteiger partial charge in [-0.05, 0) is 16.5 Å². The van der Waals surface area contributed by atoms with Gasteiger partial charge in [0, 0.05) is 6.42 Å². The van der Waals surface area contributed by atoms with Gasteiger partial charge in [0.05, 0.1) is 0 Å². The third kappa shape index (κ3) is 6.41. The fraction of sp³-hybridized carbons (Fsp3) is 0.385. The molecule has 2 N–H and O–H groups in total. The molecule has 0 bridgehead atoms. The van der Waals surface area contributed by atoms with Crippen LogP contribution < -0.4 is 0 Å². The van der Waals surface area contributed by atoms with Gasteiger partial charge in [0.25, 0.3) is 0 Å². The molecule has 7 heteroatoms. The highest BCUT2D eigenvalue weighted by Gasteiger charge is 2.30. The summed E-state index contributed by atoms with van der Waals surface area (Å²) in [5.74, 6) is -3.19. The van der Waals surface area contributed by atoms with Crippen LogP contribution in [0.2, 0.25) is 0 Å². The molecule has 0 aliphatic carbocycles. The fourth-order valence-electron chi connectivity index (χ4n) is 1.54. The molecular formula is C13H16O6P+. The number of hydrogen-bond donors (Lipinski definition) is 2. The SMILES string of the molecule is O=C(O)CCC(C[P+](=O)OCc1ccccc1)C(=O)O. The van der Waals surface area contributed by atoms with Crippen LogP contribution in [-0.2, 0) is 25.3 Å². The maximum Gasteiger partial charge on any atom is 0.509 e. The van der Waals surface area contributed by atoms with Gasteiger partial charge >= 0.3 is 20.0 Å². The van der Waals surface area contributed by atoms with Crippen molar-refractivity contribution in [1.82, 2.24) is 0 Å². The van der Waals surface area contributed by atoms with Gasteiger partial charge in [-0.15, -0.1) is 4.52 Å². The first-order valence-corrected chi connectivity index (χ1v) is 7.41. The Morgan fingerprint density at radius 2 is 1.85 bits per heavy atom. The zero-order valence-electron chi connectivity index (χ0n) is 10.8. The summed E-state index contributed by atoms with van der Waals surface area (Å²) in [4.78, 5) is 21.4. The van der Waals surface area contributed by atoms with E-state index in [0.29, 0.717) is 0 Å². The Morgan fingerprint density at radius 3 is 2.40 bits per heavy atom. The van der Waals surface area contributed by atoms with Crippen molar-refractivity contribution in [1.29, 1.82) is 0 Å². The molecule has 0 aromatic heterocycles. The maximum absolute atomic E-state index is 11.7. The minimum absolute atomic E-state index is 0.0551. The van der Waals surface area contributed by atoms with Crippen molar-refractivity contribution >= 4 is 20.0 Å². The number of benzene rings is 1. The lowest BCUT2D eigenvalue weighted by atomic mass is 10.1. The Kier molecular flexibility index (Phi) is 6.84. The van der Waals surface area contributed by atoms with Gasteiger partial charge in [0.1, 0.15) is 12.5 Å². The molecule has 108 valence electrons. The largest absolute Gasteiger partial charge is 0.509 e. The topological polar surface area (TPSA) is 101 Å². The fourth-order valence-corrected chi connectivity index (χ4v) is 2.64. The molecule has 0 saturated heterocycles. The second kappa shape index (κ2) is 8.40. The molecule has 0 radical (unpaired) electrons. The number of rotatable bonds is 9. The lowest BCUT2D eigenvalue weighted by Gasteiger charge is -2.04. The van der Waals surface area contributed by atoms with E-state index in [1.165, 1.54) is 0 Å². The van der Waals surface area contributed by atoms with Gasteiger partial charge < -0.3 is 10.2 Å². The van der Waals surface area contributed by atoms with E-state index in [0.717, 1.165) is 5.56 Å². The van der Waals surface area contributed by atoms with Crippen molar-refractivity contribution < 1.29 is 28.9 Å². The van der Waals surface area contributed by atoms with Crippen molar-refractivity contribution in [2.75, 3.05) is 6.16 Å². The predicted molar refractivity (Wildman–Crippen MR) is 71.7 cm³/mol. The molecule has 0 aliphatic heterocycles. The summed E-state index contributed by atoms with van der Waals surface area (Å²) in [5, 5.41) is 17.5. The first-order valence-electron chi connectivity index (χ1n) is 6.05. The van der Waals surface area contributed by atoms with Gasteiger partial charge in [-0.3, -0.25) is 9.59 Å². The van der Waals surface area contributed by atoms with Gasteiger partial charge in [0.15, 0.2) is 6.16 Å². The summed E-state index contributed by atoms with van der Waals surface area (Å²) in [6.45, 7) is 0.140. The zero-order valence-corrected chi connectivity index (χ0v) is 11.7. The van der Waals surface area contributed by atoms with Gasteiger partial charge in [-0.25, -0.2) is 0 Å². The molecule has 0 fully saturated rings. The molecule has 0 aliphatic rings. The Labute approximate surface area is 117 Å². The zero-order chi connectivity index (χ0) is 15.0. The second-order valence-electron chi connectivity index (χ2n) is 4.24. The van der Waals surface area contributed by atoms with Crippen molar-refractivity contribution in [3.05, 3.63) is 35.9 Å². The summed E-state index contributed by atoms with van der Waals surface area (Å²) in [5.41, 5.74) is 0.841. The van der Waals surface area contributed by atoms with E-state index >= 15 is 0 Å². The highest BCUT2D eigenvalue weighted by Crippen LogP contribution is 2.29. The molecule has 20 heavy (non-hydrogen) atoms. The Morgan fingerprint density at radius 1 is 1.20 bits per heavy atom. The lowest BCUT2D eigenvalue weighted by molar-refractivity contribution is -0.142. The van der Waals surface area contributed by atoms with Crippen LogP contribution in [0.3, 0.4) is 0 Å². The summed E-state index contributed by atoms with van der Waals surface area (Å²) >= 11 is 0. The molecule has 1 aromatic carbocycles. The van der Waals surface area contributed by atoms with Crippen molar-refractivity contribution in [3.63, 3.8) is 0 Å². The lowest BCUT2D eigenvalue weighted by Crippen LogP contribution is -2.18. The van der Waals surface area contributed by atoms with Crippen LogP contribution in [0, 0.1) is 5.92 Å². The minimum atomic E-state index is -2.13. The van der Waals surface area contributed by atoms with Gasteiger partial charge in [0.2, 0.25) is 0 Å². The third-order valence-corrected chi connectivity index (χ3v) is 3.80. The van der Waals surface area contributed by atoms with Crippen molar-refractivity contribution in [2.24, 2.45) is 5.92 Å². The molecule has 0 heterocycles. The van der Waals surface area contributed by atoms with Crippen LogP contribution in [0.25, 0.3) is 0 Å². The number of carboxylic acids is 2. The van der Waals surface area contributed by atoms with Crippen LogP contribution in [0.4, 0.5) is 0 Å². The minimum Gasteiger partial charge on any atom is -0.481 e. The summed E-state index contributed by atoms with van der Waals surface area (Å²) in [6, 6.07) is 9.10. The number of aliphatic carboxylic acids is 2. The highest BCUT2D eigenvalue weighted by molar-refractivity contribution is 7.39. The van der Waals surface area contributed by atoms with E-state index in [9.17, 15) is 14.2 Å². The molecule has 0 saturated carbocycles. The summed E-state index contributed by atoms with van der Waals surface area (Å²) in [6.07, 6.45) is -0.496. The molecule has 2 unspecified atom stereocenters. The van der Waals surface area contributed by atoms with Crippen LogP contribution in [0.5, 0.6) is 0 Å². The Balaban J connectivity index is 2.41. The first-order chi connectivity index (χ1) is 9.49. The van der Waals surface area contributed by atoms with Crippen LogP contribution >= 0.6 is 8.03 Å². The van der Waals surface area contributed by atoms with Crippen LogP contribution in [0.15, 0.2) is 30.3 Å². The summed E-state index contributed by atoms with van der Waals surface area (Å²) < 4.78 is 16.8. The number of carbonyl (C=O) groups is 2. The standard InChI is InChI=1S/C13H15O6P/c14-12(15)7-6-11(13(16)17)9-20(18)19-8-10-4-2-1-3-5-10/h1-5,11H,6-9H2,(H-,14,15,16,17)/p+1. The number of carboxylic acid groups (broad SMARTS) is 2. The molecule has 1 aromatic rings. The van der Waals surface area contributed by atoms with Crippen molar-refractivity contribution in [2.45, 2.75) is 19.4 Å². The molecule has 0 spiro atoms. The molecule has 1 rings (SSSR count). The Bertz CT molecular complexity index is 473. The third-order valence-electron chi connectivity index (χ3n) is 2.64. The summed E-state index contributed by atoms with van der Waals surface area (Å²) in [7, 11) is -2.13. The molecule has 2 atom stereocenters. The molecule has 0 amide bonds. The van der Waals surface area contributed by atoms with Crippen LogP contribution in [-0.4, -0.2) is 28.3 Å². The van der Waals surface area contributed by atoms with E-state index in [4.69, 9.17) is 14.7 Å². The number of hydrogen-bond acceptors (Lipinski definition) is 4. The average molecular weight is 299 g/mol. The normalized spacial score (nSPS) is 12.7. The van der Waals surface area contributed by atoms with Gasteiger partial charge in [-0.1, -0.05) is 30.3 Å². The quantitative estimate of drug-likeness (QED) is 0.679. The molecule has 6 nitrogen and oxygen atoms in total. The monoisotopic (exact) mass is 299 g/mol. The van der Waals surface area contributed by atoms with Crippen LogP contribution in [0.1, 0.15) is 18.4 Å².